The number of aromatic nitrogens is 1. The molecule has 1 fully saturated rings. The Morgan fingerprint density at radius 3 is 2.81 bits per heavy atom. The van der Waals surface area contributed by atoms with E-state index in [-0.39, 0.29) is 5.91 Å². The first kappa shape index (κ1) is 19.6. The summed E-state index contributed by atoms with van der Waals surface area (Å²) in [5.74, 6) is 1.51. The molecule has 0 aliphatic carbocycles. The van der Waals surface area contributed by atoms with E-state index in [1.54, 1.807) is 0 Å². The van der Waals surface area contributed by atoms with Gasteiger partial charge in [0, 0.05) is 37.7 Å². The average Bonchev–Trinajstić information content (AvgIpc) is 3.10. The Morgan fingerprint density at radius 2 is 2.11 bits per heavy atom. The van der Waals surface area contributed by atoms with Gasteiger partial charge in [0.15, 0.2) is 0 Å². The van der Waals surface area contributed by atoms with Crippen LogP contribution in [0, 0.1) is 11.3 Å². The Morgan fingerprint density at radius 1 is 1.33 bits per heavy atom. The first-order valence-corrected chi connectivity index (χ1v) is 10.0. The second kappa shape index (κ2) is 8.70. The number of carbonyl (C=O) groups excluding carboxylic acids is 1. The highest BCUT2D eigenvalue weighted by atomic mass is 16.5. The number of rotatable bonds is 7. The molecule has 2 heterocycles. The van der Waals surface area contributed by atoms with Crippen LogP contribution >= 0.6 is 0 Å². The van der Waals surface area contributed by atoms with E-state index < -0.39 is 5.41 Å². The Kier molecular flexibility index (Phi) is 6.32. The Labute approximate surface area is 162 Å². The molecule has 0 bridgehead atoms. The van der Waals surface area contributed by atoms with Gasteiger partial charge in [-0.3, -0.25) is 4.79 Å². The Balaban J connectivity index is 1.82. The van der Waals surface area contributed by atoms with E-state index in [1.807, 2.05) is 43.3 Å². The summed E-state index contributed by atoms with van der Waals surface area (Å²) in [6, 6.07) is 12.0. The topological polar surface area (TPSA) is 58.4 Å². The number of hydrogen-bond donors (Lipinski definition) is 1. The first-order valence-electron chi connectivity index (χ1n) is 10.0. The standard InChI is InChI=1S/C22H31N3O2/c1-4-23-21(26)22(11-8-12-25(16-22)15-17(2)3)14-19-13-20(24-27-19)18-9-6-5-7-10-18/h5-7,9-10,13,17H,4,8,11-12,14-16H2,1-3H3,(H,23,26). The lowest BCUT2D eigenvalue weighted by Crippen LogP contribution is -2.53. The van der Waals surface area contributed by atoms with E-state index >= 15 is 0 Å². The summed E-state index contributed by atoms with van der Waals surface area (Å²) in [6.45, 7) is 9.94. The van der Waals surface area contributed by atoms with Crippen LogP contribution in [0.25, 0.3) is 11.3 Å². The van der Waals surface area contributed by atoms with Gasteiger partial charge in [0.25, 0.3) is 0 Å². The Hall–Kier alpha value is -2.14. The van der Waals surface area contributed by atoms with Crippen molar-refractivity contribution in [2.75, 3.05) is 26.2 Å². The molecule has 1 amide bonds. The SMILES string of the molecule is CCNC(=O)C1(Cc2cc(-c3ccccc3)no2)CCCN(CC(C)C)C1. The predicted octanol–water partition coefficient (Wildman–Crippen LogP) is 3.76. The monoisotopic (exact) mass is 369 g/mol. The number of amides is 1. The molecule has 5 nitrogen and oxygen atoms in total. The maximum Gasteiger partial charge on any atom is 0.227 e. The Bertz CT molecular complexity index is 741. The third kappa shape index (κ3) is 4.78. The molecular weight excluding hydrogens is 338 g/mol. The zero-order valence-electron chi connectivity index (χ0n) is 16.7. The van der Waals surface area contributed by atoms with Crippen molar-refractivity contribution in [1.82, 2.24) is 15.4 Å². The highest BCUT2D eigenvalue weighted by molar-refractivity contribution is 5.83. The van der Waals surface area contributed by atoms with Crippen molar-refractivity contribution < 1.29 is 9.32 Å². The van der Waals surface area contributed by atoms with Crippen molar-refractivity contribution in [2.45, 2.75) is 40.0 Å². The van der Waals surface area contributed by atoms with Crippen LogP contribution in [0.2, 0.25) is 0 Å². The van der Waals surface area contributed by atoms with Gasteiger partial charge in [-0.2, -0.15) is 0 Å². The van der Waals surface area contributed by atoms with Crippen LogP contribution in [0.4, 0.5) is 0 Å². The van der Waals surface area contributed by atoms with E-state index in [2.05, 4.69) is 29.2 Å². The number of nitrogens with one attached hydrogen (secondary N) is 1. The third-order valence-electron chi connectivity index (χ3n) is 5.24. The molecule has 0 saturated carbocycles. The molecule has 1 unspecified atom stereocenters. The van der Waals surface area contributed by atoms with Gasteiger partial charge in [-0.1, -0.05) is 49.3 Å². The smallest absolute Gasteiger partial charge is 0.227 e. The minimum atomic E-state index is -0.448. The third-order valence-corrected chi connectivity index (χ3v) is 5.24. The van der Waals surface area contributed by atoms with E-state index in [0.29, 0.717) is 18.9 Å². The van der Waals surface area contributed by atoms with Gasteiger partial charge in [0.05, 0.1) is 5.41 Å². The quantitative estimate of drug-likeness (QED) is 0.807. The fourth-order valence-electron chi connectivity index (χ4n) is 4.13. The fourth-order valence-corrected chi connectivity index (χ4v) is 4.13. The average molecular weight is 370 g/mol. The number of hydrogen-bond acceptors (Lipinski definition) is 4. The van der Waals surface area contributed by atoms with Crippen molar-refractivity contribution >= 4 is 5.91 Å². The van der Waals surface area contributed by atoms with E-state index in [4.69, 9.17) is 4.52 Å². The van der Waals surface area contributed by atoms with Crippen LogP contribution in [0.3, 0.4) is 0 Å². The molecular formula is C22H31N3O2. The molecule has 1 aliphatic rings. The van der Waals surface area contributed by atoms with Gasteiger partial charge in [-0.05, 0) is 32.2 Å². The lowest BCUT2D eigenvalue weighted by molar-refractivity contribution is -0.134. The molecule has 1 N–H and O–H groups in total. The molecule has 27 heavy (non-hydrogen) atoms. The van der Waals surface area contributed by atoms with Gasteiger partial charge in [-0.25, -0.2) is 0 Å². The van der Waals surface area contributed by atoms with Crippen LogP contribution in [0.1, 0.15) is 39.4 Å². The maximum absolute atomic E-state index is 13.0. The normalized spacial score (nSPS) is 20.7. The fraction of sp³-hybridized carbons (Fsp3) is 0.545. The lowest BCUT2D eigenvalue weighted by Gasteiger charge is -2.41. The summed E-state index contributed by atoms with van der Waals surface area (Å²) in [5, 5.41) is 7.30. The molecule has 1 aliphatic heterocycles. The molecule has 1 aromatic heterocycles. The molecule has 1 aromatic carbocycles. The van der Waals surface area contributed by atoms with Crippen LogP contribution in [-0.4, -0.2) is 42.1 Å². The van der Waals surface area contributed by atoms with E-state index in [9.17, 15) is 4.79 Å². The summed E-state index contributed by atoms with van der Waals surface area (Å²) in [5.41, 5.74) is 1.41. The van der Waals surface area contributed by atoms with Crippen LogP contribution < -0.4 is 5.32 Å². The number of benzene rings is 1. The minimum absolute atomic E-state index is 0.135. The van der Waals surface area contributed by atoms with Crippen LogP contribution in [0.15, 0.2) is 40.9 Å². The number of likely N-dealkylation sites (tertiary alicyclic amines) is 1. The predicted molar refractivity (Wildman–Crippen MR) is 107 cm³/mol. The number of nitrogens with zero attached hydrogens (tertiary/aromatic N) is 2. The van der Waals surface area contributed by atoms with Gasteiger partial charge < -0.3 is 14.7 Å². The largest absolute Gasteiger partial charge is 0.361 e. The highest BCUT2D eigenvalue weighted by Crippen LogP contribution is 2.35. The molecule has 5 heteroatoms. The van der Waals surface area contributed by atoms with Gasteiger partial charge in [0.1, 0.15) is 11.5 Å². The van der Waals surface area contributed by atoms with E-state index in [1.165, 1.54) is 0 Å². The number of carbonyl (C=O) groups is 1. The molecule has 2 aromatic rings. The summed E-state index contributed by atoms with van der Waals surface area (Å²) in [7, 11) is 0. The van der Waals surface area contributed by atoms with Gasteiger partial charge >= 0.3 is 0 Å². The summed E-state index contributed by atoms with van der Waals surface area (Å²) in [4.78, 5) is 15.5. The van der Waals surface area contributed by atoms with Crippen LogP contribution in [0.5, 0.6) is 0 Å². The first-order chi connectivity index (χ1) is 13.0. The highest BCUT2D eigenvalue weighted by Gasteiger charge is 2.43. The van der Waals surface area contributed by atoms with Crippen LogP contribution in [-0.2, 0) is 11.2 Å². The second-order valence-corrected chi connectivity index (χ2v) is 8.09. The zero-order valence-corrected chi connectivity index (χ0v) is 16.7. The van der Waals surface area contributed by atoms with Crippen molar-refractivity contribution in [3.05, 3.63) is 42.2 Å². The summed E-state index contributed by atoms with van der Waals surface area (Å²) in [6.07, 6.45) is 2.51. The number of piperidine rings is 1. The zero-order chi connectivity index (χ0) is 19.3. The van der Waals surface area contributed by atoms with Crippen molar-refractivity contribution in [3.8, 4) is 11.3 Å². The second-order valence-electron chi connectivity index (χ2n) is 8.09. The van der Waals surface area contributed by atoms with Crippen molar-refractivity contribution in [2.24, 2.45) is 11.3 Å². The lowest BCUT2D eigenvalue weighted by atomic mass is 9.75. The van der Waals surface area contributed by atoms with Crippen molar-refractivity contribution in [3.63, 3.8) is 0 Å². The molecule has 1 atom stereocenters. The van der Waals surface area contributed by atoms with Gasteiger partial charge in [-0.15, -0.1) is 0 Å². The van der Waals surface area contributed by atoms with Crippen molar-refractivity contribution in [1.29, 1.82) is 0 Å². The molecule has 3 rings (SSSR count). The molecule has 1 saturated heterocycles. The summed E-state index contributed by atoms with van der Waals surface area (Å²) >= 11 is 0. The summed E-state index contributed by atoms with van der Waals surface area (Å²) < 4.78 is 5.64. The molecule has 0 radical (unpaired) electrons. The minimum Gasteiger partial charge on any atom is -0.361 e. The van der Waals surface area contributed by atoms with E-state index in [0.717, 1.165) is 49.5 Å². The molecule has 0 spiro atoms. The molecule has 146 valence electrons. The maximum atomic E-state index is 13.0. The van der Waals surface area contributed by atoms with Gasteiger partial charge in [0.2, 0.25) is 5.91 Å².